The third kappa shape index (κ3) is 5.99. The minimum atomic E-state index is -0.656. The van der Waals surface area contributed by atoms with Crippen LogP contribution in [0.2, 0.25) is 0 Å². The molecule has 1 fully saturated rings. The van der Waals surface area contributed by atoms with E-state index in [1.165, 1.54) is 41.4 Å². The molecule has 11 nitrogen and oxygen atoms in total. The van der Waals surface area contributed by atoms with Crippen LogP contribution in [0.3, 0.4) is 0 Å². The first-order valence-electron chi connectivity index (χ1n) is 13.4. The van der Waals surface area contributed by atoms with Crippen molar-refractivity contribution in [2.45, 2.75) is 45.0 Å². The number of anilines is 2. The van der Waals surface area contributed by atoms with Crippen molar-refractivity contribution in [1.29, 1.82) is 0 Å². The summed E-state index contributed by atoms with van der Waals surface area (Å²) in [5, 5.41) is 10.6. The van der Waals surface area contributed by atoms with Crippen molar-refractivity contribution in [2.24, 2.45) is 10.3 Å². The first-order valence-corrected chi connectivity index (χ1v) is 14.2. The first kappa shape index (κ1) is 26.4. The zero-order chi connectivity index (χ0) is 27.6. The van der Waals surface area contributed by atoms with Crippen molar-refractivity contribution >= 4 is 40.8 Å². The van der Waals surface area contributed by atoms with E-state index in [0.717, 1.165) is 48.9 Å². The van der Waals surface area contributed by atoms with Gasteiger partial charge in [0.15, 0.2) is 11.5 Å². The van der Waals surface area contributed by atoms with Crippen LogP contribution < -0.4 is 10.6 Å². The number of aromatic nitrogens is 6. The van der Waals surface area contributed by atoms with Gasteiger partial charge in [-0.25, -0.2) is 19.3 Å². The second-order valence-corrected chi connectivity index (χ2v) is 11.4. The van der Waals surface area contributed by atoms with Crippen LogP contribution in [0.5, 0.6) is 0 Å². The standard InChI is InChI=1S/C27H31FN10OS/c1-17-5-4-8-36(12-17)15-20-9-25(40-35-20)34-26-27-29-11-21(38(27)13-18(2)31-26)19-10-30-37(14-19)16-24(39)33-23-7-3-6-22(28)32-23/h3,6-7,10-11,13-14,17,25H,4-5,8-9,12,15-16H2,1-2H3,(H,31,34)(H,32,33,39). The van der Waals surface area contributed by atoms with Gasteiger partial charge in [-0.1, -0.05) is 13.0 Å². The lowest BCUT2D eigenvalue weighted by atomic mass is 10.00. The lowest BCUT2D eigenvalue weighted by molar-refractivity contribution is -0.116. The highest BCUT2D eigenvalue weighted by Gasteiger charge is 2.25. The predicted molar refractivity (Wildman–Crippen MR) is 154 cm³/mol. The van der Waals surface area contributed by atoms with Crippen molar-refractivity contribution in [3.05, 3.63) is 54.6 Å². The maximum Gasteiger partial charge on any atom is 0.247 e. The molecule has 208 valence electrons. The van der Waals surface area contributed by atoms with Crippen molar-refractivity contribution in [2.75, 3.05) is 30.3 Å². The molecule has 2 atom stereocenters. The molecule has 0 aliphatic carbocycles. The summed E-state index contributed by atoms with van der Waals surface area (Å²) in [4.78, 5) is 28.0. The average molecular weight is 563 g/mol. The number of carbonyl (C=O) groups is 1. The fraction of sp³-hybridized carbons (Fsp3) is 0.407. The highest BCUT2D eigenvalue weighted by Crippen LogP contribution is 2.30. The number of likely N-dealkylation sites (tertiary alicyclic amines) is 1. The largest absolute Gasteiger partial charge is 0.353 e. The number of imidazole rings is 1. The van der Waals surface area contributed by atoms with Crippen molar-refractivity contribution in [3.63, 3.8) is 0 Å². The highest BCUT2D eigenvalue weighted by molar-refractivity contribution is 7.99. The molecule has 0 saturated carbocycles. The van der Waals surface area contributed by atoms with Gasteiger partial charge in [-0.2, -0.15) is 9.49 Å². The summed E-state index contributed by atoms with van der Waals surface area (Å²) in [6, 6.07) is 4.24. The number of nitrogens with zero attached hydrogens (tertiary/aromatic N) is 8. The van der Waals surface area contributed by atoms with Gasteiger partial charge >= 0.3 is 0 Å². The van der Waals surface area contributed by atoms with Gasteiger partial charge in [0.1, 0.15) is 17.7 Å². The Hall–Kier alpha value is -3.84. The number of carbonyl (C=O) groups excluding carboxylic acids is 1. The number of aryl methyl sites for hydroxylation is 1. The van der Waals surface area contributed by atoms with Gasteiger partial charge in [0.05, 0.1) is 23.8 Å². The minimum Gasteiger partial charge on any atom is -0.353 e. The maximum atomic E-state index is 13.3. The van der Waals surface area contributed by atoms with Crippen molar-refractivity contribution in [3.8, 4) is 11.3 Å². The first-order chi connectivity index (χ1) is 19.4. The summed E-state index contributed by atoms with van der Waals surface area (Å²) in [7, 11) is 0. The third-order valence-electron chi connectivity index (χ3n) is 7.00. The molecule has 0 aromatic carbocycles. The Morgan fingerprint density at radius 3 is 2.98 bits per heavy atom. The van der Waals surface area contributed by atoms with Crippen molar-refractivity contribution in [1.82, 2.24) is 34.0 Å². The van der Waals surface area contributed by atoms with E-state index in [1.54, 1.807) is 30.5 Å². The molecule has 4 aromatic rings. The van der Waals surface area contributed by atoms with Gasteiger partial charge in [0, 0.05) is 43.2 Å². The SMILES string of the molecule is Cc1cn2c(-c3cnn(CC(=O)Nc4cccc(F)n4)c3)cnc2c(NC2CC(CN3CCCC(C)C3)=NS2)n1. The summed E-state index contributed by atoms with van der Waals surface area (Å²) < 4.78 is 21.6. The molecule has 0 spiro atoms. The molecule has 6 rings (SSSR count). The molecule has 2 aliphatic heterocycles. The van der Waals surface area contributed by atoms with E-state index in [4.69, 9.17) is 9.38 Å². The van der Waals surface area contributed by atoms with Gasteiger partial charge < -0.3 is 10.6 Å². The lowest BCUT2D eigenvalue weighted by Gasteiger charge is -2.30. The Morgan fingerprint density at radius 2 is 2.12 bits per heavy atom. The van der Waals surface area contributed by atoms with E-state index in [9.17, 15) is 9.18 Å². The van der Waals surface area contributed by atoms with Gasteiger partial charge in [-0.15, -0.1) is 0 Å². The minimum absolute atomic E-state index is 0.0418. The van der Waals surface area contributed by atoms with E-state index in [-0.39, 0.29) is 23.6 Å². The van der Waals surface area contributed by atoms with Crippen LogP contribution in [0.15, 0.2) is 47.4 Å². The smallest absolute Gasteiger partial charge is 0.247 e. The van der Waals surface area contributed by atoms with E-state index >= 15 is 0 Å². The van der Waals surface area contributed by atoms with Gasteiger partial charge in [0.2, 0.25) is 11.9 Å². The number of hydrogen-bond donors (Lipinski definition) is 2. The number of fused-ring (bicyclic) bond motifs is 1. The Balaban J connectivity index is 1.12. The van der Waals surface area contributed by atoms with Gasteiger partial charge in [-0.05, 0) is 56.3 Å². The number of amides is 1. The number of hydrogen-bond acceptors (Lipinski definition) is 9. The number of rotatable bonds is 8. The van der Waals surface area contributed by atoms with Crippen LogP contribution in [0.1, 0.15) is 31.9 Å². The summed E-state index contributed by atoms with van der Waals surface area (Å²) >= 11 is 1.56. The Kier molecular flexibility index (Phi) is 7.48. The second kappa shape index (κ2) is 11.3. The summed E-state index contributed by atoms with van der Waals surface area (Å²) in [5.41, 5.74) is 4.40. The number of nitrogens with one attached hydrogen (secondary N) is 2. The molecular weight excluding hydrogens is 531 g/mol. The van der Waals surface area contributed by atoms with Crippen LogP contribution in [-0.4, -0.2) is 70.7 Å². The molecule has 6 heterocycles. The molecular formula is C27H31FN10OS. The fourth-order valence-electron chi connectivity index (χ4n) is 5.25. The average Bonchev–Trinajstić information content (AvgIpc) is 3.64. The normalized spacial score (nSPS) is 19.6. The van der Waals surface area contributed by atoms with E-state index in [2.05, 4.69) is 37.5 Å². The molecule has 2 N–H and O–H groups in total. The van der Waals surface area contributed by atoms with Gasteiger partial charge in [0.25, 0.3) is 0 Å². The number of halogens is 1. The van der Waals surface area contributed by atoms with Crippen LogP contribution in [0, 0.1) is 18.8 Å². The summed E-state index contributed by atoms with van der Waals surface area (Å²) in [6.45, 7) is 7.45. The van der Waals surface area contributed by atoms with Crippen LogP contribution in [0.25, 0.3) is 16.9 Å². The van der Waals surface area contributed by atoms with Crippen LogP contribution in [0.4, 0.5) is 16.0 Å². The maximum absolute atomic E-state index is 13.3. The van der Waals surface area contributed by atoms with Crippen LogP contribution >= 0.6 is 11.9 Å². The van der Waals surface area contributed by atoms with E-state index < -0.39 is 5.95 Å². The Bertz CT molecular complexity index is 1570. The summed E-state index contributed by atoms with van der Waals surface area (Å²) in [5.74, 6) is 0.598. The molecule has 1 saturated heterocycles. The molecule has 1 amide bonds. The predicted octanol–water partition coefficient (Wildman–Crippen LogP) is 4.04. The zero-order valence-electron chi connectivity index (χ0n) is 22.4. The quantitative estimate of drug-likeness (QED) is 0.244. The molecule has 2 unspecified atom stereocenters. The topological polar surface area (TPSA) is 118 Å². The monoisotopic (exact) mass is 562 g/mol. The van der Waals surface area contributed by atoms with E-state index in [0.29, 0.717) is 11.5 Å². The zero-order valence-corrected chi connectivity index (χ0v) is 23.2. The summed E-state index contributed by atoms with van der Waals surface area (Å²) in [6.07, 6.45) is 10.6. The number of piperidine rings is 1. The van der Waals surface area contributed by atoms with Crippen molar-refractivity contribution < 1.29 is 9.18 Å². The van der Waals surface area contributed by atoms with Gasteiger partial charge in [-0.3, -0.25) is 18.8 Å². The fourth-order valence-corrected chi connectivity index (χ4v) is 6.09. The molecule has 40 heavy (non-hydrogen) atoms. The molecule has 13 heteroatoms. The third-order valence-corrected chi connectivity index (χ3v) is 7.91. The number of pyridine rings is 1. The second-order valence-electron chi connectivity index (χ2n) is 10.5. The Morgan fingerprint density at radius 1 is 1.23 bits per heavy atom. The Labute approximate surface area is 235 Å². The van der Waals surface area contributed by atoms with E-state index in [1.807, 2.05) is 17.5 Å². The van der Waals surface area contributed by atoms with Crippen LogP contribution in [-0.2, 0) is 11.3 Å². The molecule has 0 radical (unpaired) electrons. The molecule has 2 aliphatic rings. The molecule has 4 aromatic heterocycles. The molecule has 0 bridgehead atoms. The highest BCUT2D eigenvalue weighted by atomic mass is 32.2. The lowest BCUT2D eigenvalue weighted by Crippen LogP contribution is -2.38.